The molecule has 1 aliphatic rings. The smallest absolute Gasteiger partial charge is 0.221 e. The highest BCUT2D eigenvalue weighted by Crippen LogP contribution is 2.08. The van der Waals surface area contributed by atoms with Crippen LogP contribution in [0.25, 0.3) is 0 Å². The van der Waals surface area contributed by atoms with Crippen LogP contribution in [-0.2, 0) is 11.3 Å². The van der Waals surface area contributed by atoms with Crippen molar-refractivity contribution in [1.29, 1.82) is 0 Å². The lowest BCUT2D eigenvalue weighted by Gasteiger charge is -2.10. The van der Waals surface area contributed by atoms with Crippen LogP contribution in [0.4, 0.5) is 0 Å². The highest BCUT2D eigenvalue weighted by Gasteiger charge is 2.17. The summed E-state index contributed by atoms with van der Waals surface area (Å²) in [6.45, 7) is 1.68. The number of carbonyl (C=O) groups excluding carboxylic acids is 1. The van der Waals surface area contributed by atoms with Gasteiger partial charge in [0.25, 0.3) is 0 Å². The van der Waals surface area contributed by atoms with Crippen LogP contribution in [0.3, 0.4) is 0 Å². The molecule has 4 heteroatoms. The fraction of sp³-hybridized carbons (Fsp3) is 0.462. The van der Waals surface area contributed by atoms with E-state index in [1.165, 1.54) is 6.42 Å². The predicted octanol–water partition coefficient (Wildman–Crippen LogP) is 1.87. The number of rotatable bonds is 4. The first-order valence-electron chi connectivity index (χ1n) is 5.88. The molecule has 0 aromatic heterocycles. The van der Waals surface area contributed by atoms with Crippen LogP contribution in [0, 0.1) is 0 Å². The monoisotopic (exact) mass is 254 g/mol. The van der Waals surface area contributed by atoms with Gasteiger partial charge in [0.05, 0.1) is 0 Å². The van der Waals surface area contributed by atoms with Gasteiger partial charge in [-0.15, -0.1) is 12.4 Å². The molecule has 0 aliphatic carbocycles. The molecule has 3 nitrogen and oxygen atoms in total. The first-order chi connectivity index (χ1) is 7.84. The number of amides is 1. The number of hydrogen-bond acceptors (Lipinski definition) is 2. The average molecular weight is 255 g/mol. The Kier molecular flexibility index (Phi) is 6.01. The highest BCUT2D eigenvalue weighted by molar-refractivity contribution is 5.85. The zero-order valence-electron chi connectivity index (χ0n) is 9.82. The van der Waals surface area contributed by atoms with Gasteiger partial charge >= 0.3 is 0 Å². The second-order valence-electron chi connectivity index (χ2n) is 4.26. The normalized spacial score (nSPS) is 18.5. The molecule has 1 aliphatic heterocycles. The maximum Gasteiger partial charge on any atom is 0.221 e. The van der Waals surface area contributed by atoms with Gasteiger partial charge < -0.3 is 10.6 Å². The average Bonchev–Trinajstić information content (AvgIpc) is 2.81. The molecule has 0 spiro atoms. The Bertz CT molecular complexity index is 337. The van der Waals surface area contributed by atoms with E-state index in [0.29, 0.717) is 19.0 Å². The first-order valence-corrected chi connectivity index (χ1v) is 5.88. The molecule has 1 aromatic rings. The van der Waals surface area contributed by atoms with Crippen molar-refractivity contribution >= 4 is 18.3 Å². The summed E-state index contributed by atoms with van der Waals surface area (Å²) >= 11 is 0. The lowest BCUT2D eigenvalue weighted by atomic mass is 10.1. The summed E-state index contributed by atoms with van der Waals surface area (Å²) in [6.07, 6.45) is 2.92. The van der Waals surface area contributed by atoms with E-state index in [-0.39, 0.29) is 18.3 Å². The first kappa shape index (κ1) is 14.0. The number of hydrogen-bond donors (Lipinski definition) is 2. The van der Waals surface area contributed by atoms with E-state index in [4.69, 9.17) is 0 Å². The Balaban J connectivity index is 0.00000144. The molecule has 0 radical (unpaired) electrons. The third-order valence-electron chi connectivity index (χ3n) is 2.93. The largest absolute Gasteiger partial charge is 0.352 e. The lowest BCUT2D eigenvalue weighted by molar-refractivity contribution is -0.121. The molecule has 94 valence electrons. The van der Waals surface area contributed by atoms with Gasteiger partial charge in [-0.05, 0) is 24.9 Å². The van der Waals surface area contributed by atoms with E-state index in [9.17, 15) is 4.79 Å². The van der Waals surface area contributed by atoms with Crippen molar-refractivity contribution in [2.75, 3.05) is 6.54 Å². The summed E-state index contributed by atoms with van der Waals surface area (Å²) in [4.78, 5) is 11.6. The van der Waals surface area contributed by atoms with Crippen molar-refractivity contribution in [3.05, 3.63) is 35.9 Å². The van der Waals surface area contributed by atoms with E-state index < -0.39 is 0 Å². The SMILES string of the molecule is Cl.O=C(CC1CCCN1)NCc1ccccc1. The van der Waals surface area contributed by atoms with E-state index >= 15 is 0 Å². The molecule has 0 saturated carbocycles. The zero-order valence-corrected chi connectivity index (χ0v) is 10.6. The van der Waals surface area contributed by atoms with E-state index in [0.717, 1.165) is 18.5 Å². The summed E-state index contributed by atoms with van der Waals surface area (Å²) < 4.78 is 0. The number of benzene rings is 1. The Morgan fingerprint density at radius 3 is 2.76 bits per heavy atom. The predicted molar refractivity (Wildman–Crippen MR) is 71.2 cm³/mol. The van der Waals surface area contributed by atoms with Crippen molar-refractivity contribution in [2.45, 2.75) is 31.8 Å². The molecular weight excluding hydrogens is 236 g/mol. The van der Waals surface area contributed by atoms with Crippen LogP contribution in [0.5, 0.6) is 0 Å². The molecule has 0 bridgehead atoms. The summed E-state index contributed by atoms with van der Waals surface area (Å²) in [5.41, 5.74) is 1.15. The number of nitrogens with one attached hydrogen (secondary N) is 2. The Hall–Kier alpha value is -1.06. The minimum absolute atomic E-state index is 0. The molecule has 2 rings (SSSR count). The van der Waals surface area contributed by atoms with Gasteiger partial charge in [0.15, 0.2) is 0 Å². The Morgan fingerprint density at radius 1 is 1.35 bits per heavy atom. The van der Waals surface area contributed by atoms with Gasteiger partial charge in [-0.1, -0.05) is 30.3 Å². The van der Waals surface area contributed by atoms with E-state index in [1.54, 1.807) is 0 Å². The molecule has 1 heterocycles. The molecule has 1 aromatic carbocycles. The Labute approximate surface area is 108 Å². The van der Waals surface area contributed by atoms with Crippen LogP contribution in [0.2, 0.25) is 0 Å². The minimum atomic E-state index is 0. The van der Waals surface area contributed by atoms with Gasteiger partial charge in [-0.2, -0.15) is 0 Å². The quantitative estimate of drug-likeness (QED) is 0.861. The molecule has 1 saturated heterocycles. The second kappa shape index (κ2) is 7.30. The van der Waals surface area contributed by atoms with Crippen LogP contribution < -0.4 is 10.6 Å². The topological polar surface area (TPSA) is 41.1 Å². The van der Waals surface area contributed by atoms with Crippen molar-refractivity contribution in [3.8, 4) is 0 Å². The van der Waals surface area contributed by atoms with Gasteiger partial charge in [0.2, 0.25) is 5.91 Å². The van der Waals surface area contributed by atoms with Crippen LogP contribution in [0.15, 0.2) is 30.3 Å². The number of carbonyl (C=O) groups is 1. The van der Waals surface area contributed by atoms with Crippen LogP contribution in [0.1, 0.15) is 24.8 Å². The summed E-state index contributed by atoms with van der Waals surface area (Å²) in [6, 6.07) is 10.4. The van der Waals surface area contributed by atoms with E-state index in [2.05, 4.69) is 10.6 Å². The standard InChI is InChI=1S/C13H18N2O.ClH/c16-13(9-12-7-4-8-14-12)15-10-11-5-2-1-3-6-11;/h1-3,5-6,12,14H,4,7-10H2,(H,15,16);1H. The van der Waals surface area contributed by atoms with Crippen molar-refractivity contribution < 1.29 is 4.79 Å². The molecule has 1 unspecified atom stereocenters. The number of halogens is 1. The third-order valence-corrected chi connectivity index (χ3v) is 2.93. The highest BCUT2D eigenvalue weighted by atomic mass is 35.5. The second-order valence-corrected chi connectivity index (χ2v) is 4.26. The lowest BCUT2D eigenvalue weighted by Crippen LogP contribution is -2.31. The van der Waals surface area contributed by atoms with Gasteiger partial charge in [0.1, 0.15) is 0 Å². The summed E-state index contributed by atoms with van der Waals surface area (Å²) in [5.74, 6) is 0.142. The minimum Gasteiger partial charge on any atom is -0.352 e. The fourth-order valence-corrected chi connectivity index (χ4v) is 2.02. The van der Waals surface area contributed by atoms with Crippen LogP contribution >= 0.6 is 12.4 Å². The van der Waals surface area contributed by atoms with E-state index in [1.807, 2.05) is 30.3 Å². The van der Waals surface area contributed by atoms with Gasteiger partial charge in [0, 0.05) is 19.0 Å². The van der Waals surface area contributed by atoms with Gasteiger partial charge in [-0.3, -0.25) is 4.79 Å². The molecule has 1 amide bonds. The van der Waals surface area contributed by atoms with Gasteiger partial charge in [-0.25, -0.2) is 0 Å². The zero-order chi connectivity index (χ0) is 11.2. The molecule has 17 heavy (non-hydrogen) atoms. The third kappa shape index (κ3) is 4.75. The molecule has 1 atom stereocenters. The Morgan fingerprint density at radius 2 is 2.12 bits per heavy atom. The summed E-state index contributed by atoms with van der Waals surface area (Å²) in [7, 11) is 0. The van der Waals surface area contributed by atoms with Crippen molar-refractivity contribution in [1.82, 2.24) is 10.6 Å². The maximum atomic E-state index is 11.6. The molecule has 1 fully saturated rings. The fourth-order valence-electron chi connectivity index (χ4n) is 2.02. The van der Waals surface area contributed by atoms with Crippen LogP contribution in [-0.4, -0.2) is 18.5 Å². The summed E-state index contributed by atoms with van der Waals surface area (Å²) in [5, 5.41) is 6.27. The van der Waals surface area contributed by atoms with Crippen molar-refractivity contribution in [3.63, 3.8) is 0 Å². The van der Waals surface area contributed by atoms with Crippen molar-refractivity contribution in [2.24, 2.45) is 0 Å². The molecular formula is C13H19ClN2O. The molecule has 2 N–H and O–H groups in total. The maximum absolute atomic E-state index is 11.6.